The van der Waals surface area contributed by atoms with E-state index in [-0.39, 0.29) is 23.0 Å². The van der Waals surface area contributed by atoms with Crippen LogP contribution >= 0.6 is 11.6 Å². The highest BCUT2D eigenvalue weighted by molar-refractivity contribution is 6.31. The number of nitrogens with one attached hydrogen (secondary N) is 1. The molecule has 0 spiro atoms. The van der Waals surface area contributed by atoms with E-state index in [1.807, 2.05) is 0 Å². The van der Waals surface area contributed by atoms with Crippen molar-refractivity contribution in [3.8, 4) is 0 Å². The molecule has 0 atom stereocenters. The predicted molar refractivity (Wildman–Crippen MR) is 80.1 cm³/mol. The Morgan fingerprint density at radius 3 is 2.57 bits per heavy atom. The molecule has 0 saturated carbocycles. The number of carbonyl (C=O) groups is 3. The number of nitro benzene ring substituents is 1. The van der Waals surface area contributed by atoms with Crippen LogP contribution in [0.15, 0.2) is 18.2 Å². The molecule has 0 aromatic heterocycles. The van der Waals surface area contributed by atoms with Gasteiger partial charge in [-0.25, -0.2) is 4.79 Å². The lowest BCUT2D eigenvalue weighted by atomic mass is 10.2. The van der Waals surface area contributed by atoms with E-state index in [9.17, 15) is 24.5 Å². The highest BCUT2D eigenvalue weighted by Gasteiger charge is 2.22. The Kier molecular flexibility index (Phi) is 6.46. The molecule has 1 aromatic carbocycles. The highest BCUT2D eigenvalue weighted by Crippen LogP contribution is 2.23. The smallest absolute Gasteiger partial charge is 0.345 e. The number of esters is 1. The SMILES string of the molecule is CN(C)C(=O)CNC(=O)COC(=O)c1ccc(Cl)cc1[N+](=O)[O-]. The lowest BCUT2D eigenvalue weighted by molar-refractivity contribution is -0.385. The van der Waals surface area contributed by atoms with Gasteiger partial charge in [0.25, 0.3) is 11.6 Å². The third kappa shape index (κ3) is 5.55. The summed E-state index contributed by atoms with van der Waals surface area (Å²) in [7, 11) is 3.04. The first-order valence-corrected chi connectivity index (χ1v) is 6.68. The molecule has 0 aliphatic rings. The van der Waals surface area contributed by atoms with Crippen LogP contribution in [0, 0.1) is 10.1 Å². The second-order valence-corrected chi connectivity index (χ2v) is 5.00. The van der Waals surface area contributed by atoms with E-state index in [2.05, 4.69) is 10.1 Å². The van der Waals surface area contributed by atoms with Crippen molar-refractivity contribution >= 4 is 35.1 Å². The number of amides is 2. The normalized spacial score (nSPS) is 9.87. The first kappa shape index (κ1) is 18.4. The first-order chi connectivity index (χ1) is 10.7. The van der Waals surface area contributed by atoms with Gasteiger partial charge in [0.15, 0.2) is 6.61 Å². The van der Waals surface area contributed by atoms with Crippen LogP contribution in [0.5, 0.6) is 0 Å². The number of nitrogens with zero attached hydrogens (tertiary/aromatic N) is 2. The van der Waals surface area contributed by atoms with Crippen LogP contribution in [0.3, 0.4) is 0 Å². The van der Waals surface area contributed by atoms with Crippen molar-refractivity contribution < 1.29 is 24.0 Å². The molecule has 0 aliphatic carbocycles. The van der Waals surface area contributed by atoms with Crippen LogP contribution < -0.4 is 5.32 Å². The lowest BCUT2D eigenvalue weighted by Gasteiger charge is -2.11. The summed E-state index contributed by atoms with van der Waals surface area (Å²) in [5.74, 6) is -2.08. The van der Waals surface area contributed by atoms with Crippen molar-refractivity contribution in [1.29, 1.82) is 0 Å². The fraction of sp³-hybridized carbons (Fsp3) is 0.308. The molecule has 0 fully saturated rings. The number of likely N-dealkylation sites (N-methyl/N-ethyl adjacent to an activating group) is 1. The maximum atomic E-state index is 11.8. The number of nitro groups is 1. The first-order valence-electron chi connectivity index (χ1n) is 6.30. The standard InChI is InChI=1S/C13H14ClN3O6/c1-16(2)12(19)6-15-11(18)7-23-13(20)9-4-3-8(14)5-10(9)17(21)22/h3-5H,6-7H2,1-2H3,(H,15,18). The van der Waals surface area contributed by atoms with Crippen LogP contribution in [0.4, 0.5) is 5.69 Å². The molecular formula is C13H14ClN3O6. The third-order valence-corrected chi connectivity index (χ3v) is 2.88. The second-order valence-electron chi connectivity index (χ2n) is 4.56. The van der Waals surface area contributed by atoms with Gasteiger partial charge in [-0.15, -0.1) is 0 Å². The summed E-state index contributed by atoms with van der Waals surface area (Å²) in [5, 5.41) is 13.2. The average molecular weight is 344 g/mol. The molecular weight excluding hydrogens is 330 g/mol. The number of hydrogen-bond acceptors (Lipinski definition) is 6. The maximum absolute atomic E-state index is 11.8. The molecule has 1 N–H and O–H groups in total. The zero-order valence-electron chi connectivity index (χ0n) is 12.4. The number of benzene rings is 1. The Bertz CT molecular complexity index is 647. The van der Waals surface area contributed by atoms with Crippen molar-refractivity contribution in [1.82, 2.24) is 10.2 Å². The lowest BCUT2D eigenvalue weighted by Crippen LogP contribution is -2.38. The number of hydrogen-bond donors (Lipinski definition) is 1. The number of halogens is 1. The molecule has 23 heavy (non-hydrogen) atoms. The van der Waals surface area contributed by atoms with Gasteiger partial charge in [0.1, 0.15) is 5.56 Å². The predicted octanol–water partition coefficient (Wildman–Crippen LogP) is 0.609. The van der Waals surface area contributed by atoms with Gasteiger partial charge in [-0.2, -0.15) is 0 Å². The van der Waals surface area contributed by atoms with Crippen LogP contribution in [0.2, 0.25) is 5.02 Å². The zero-order chi connectivity index (χ0) is 17.6. The molecule has 0 heterocycles. The summed E-state index contributed by atoms with van der Waals surface area (Å²) < 4.78 is 4.69. The summed E-state index contributed by atoms with van der Waals surface area (Å²) in [6, 6.07) is 3.44. The number of ether oxygens (including phenoxy) is 1. The van der Waals surface area contributed by atoms with E-state index < -0.39 is 29.1 Å². The fourth-order valence-electron chi connectivity index (χ4n) is 1.42. The maximum Gasteiger partial charge on any atom is 0.345 e. The van der Waals surface area contributed by atoms with Gasteiger partial charge in [-0.3, -0.25) is 19.7 Å². The largest absolute Gasteiger partial charge is 0.452 e. The Labute approximate surface area is 136 Å². The Balaban J connectivity index is 2.62. The molecule has 9 nitrogen and oxygen atoms in total. The minimum atomic E-state index is -1.04. The fourth-order valence-corrected chi connectivity index (χ4v) is 1.59. The summed E-state index contributed by atoms with van der Waals surface area (Å²) in [6.45, 7) is -0.913. The summed E-state index contributed by atoms with van der Waals surface area (Å²) in [6.07, 6.45) is 0. The van der Waals surface area contributed by atoms with Crippen molar-refractivity contribution in [3.63, 3.8) is 0 Å². The van der Waals surface area contributed by atoms with Gasteiger partial charge in [0, 0.05) is 25.2 Å². The van der Waals surface area contributed by atoms with E-state index in [4.69, 9.17) is 11.6 Å². The van der Waals surface area contributed by atoms with Gasteiger partial charge in [-0.05, 0) is 12.1 Å². The molecule has 0 bridgehead atoms. The van der Waals surface area contributed by atoms with E-state index in [0.29, 0.717) is 0 Å². The van der Waals surface area contributed by atoms with E-state index in [0.717, 1.165) is 12.1 Å². The van der Waals surface area contributed by atoms with Crippen molar-refractivity contribution in [2.75, 3.05) is 27.2 Å². The van der Waals surface area contributed by atoms with Crippen LogP contribution in [0.25, 0.3) is 0 Å². The molecule has 0 aliphatic heterocycles. The number of rotatable bonds is 6. The Hall–Kier alpha value is -2.68. The second kappa shape index (κ2) is 8.08. The van der Waals surface area contributed by atoms with Crippen molar-refractivity contribution in [2.24, 2.45) is 0 Å². The molecule has 1 aromatic rings. The Morgan fingerprint density at radius 1 is 1.35 bits per heavy atom. The minimum absolute atomic E-state index is 0.0909. The van der Waals surface area contributed by atoms with Crippen LogP contribution in [0.1, 0.15) is 10.4 Å². The third-order valence-electron chi connectivity index (χ3n) is 2.65. The van der Waals surface area contributed by atoms with Crippen LogP contribution in [-0.4, -0.2) is 54.9 Å². The summed E-state index contributed by atoms with van der Waals surface area (Å²) in [5.41, 5.74) is -0.845. The van der Waals surface area contributed by atoms with E-state index in [1.54, 1.807) is 0 Å². The van der Waals surface area contributed by atoms with Gasteiger partial charge >= 0.3 is 5.97 Å². The van der Waals surface area contributed by atoms with E-state index in [1.165, 1.54) is 25.1 Å². The summed E-state index contributed by atoms with van der Waals surface area (Å²) in [4.78, 5) is 45.9. The molecule has 1 rings (SSSR count). The summed E-state index contributed by atoms with van der Waals surface area (Å²) >= 11 is 5.63. The van der Waals surface area contributed by atoms with Gasteiger partial charge in [-0.1, -0.05) is 11.6 Å². The minimum Gasteiger partial charge on any atom is -0.452 e. The van der Waals surface area contributed by atoms with Gasteiger partial charge in [0.05, 0.1) is 11.5 Å². The van der Waals surface area contributed by atoms with Crippen LogP contribution in [-0.2, 0) is 14.3 Å². The molecule has 2 amide bonds. The van der Waals surface area contributed by atoms with Crippen molar-refractivity contribution in [2.45, 2.75) is 0 Å². The van der Waals surface area contributed by atoms with E-state index >= 15 is 0 Å². The highest BCUT2D eigenvalue weighted by atomic mass is 35.5. The molecule has 10 heteroatoms. The number of carbonyl (C=O) groups excluding carboxylic acids is 3. The molecule has 0 unspecified atom stereocenters. The average Bonchev–Trinajstić information content (AvgIpc) is 2.49. The molecule has 124 valence electrons. The monoisotopic (exact) mass is 343 g/mol. The van der Waals surface area contributed by atoms with Crippen molar-refractivity contribution in [3.05, 3.63) is 38.9 Å². The Morgan fingerprint density at radius 2 is 2.00 bits per heavy atom. The van der Waals surface area contributed by atoms with Gasteiger partial charge in [0.2, 0.25) is 5.91 Å². The topological polar surface area (TPSA) is 119 Å². The molecule has 0 saturated heterocycles. The molecule has 0 radical (unpaired) electrons. The quantitative estimate of drug-likeness (QED) is 0.459. The zero-order valence-corrected chi connectivity index (χ0v) is 13.1. The van der Waals surface area contributed by atoms with Gasteiger partial charge < -0.3 is 15.0 Å².